The zero-order valence-electron chi connectivity index (χ0n) is 12.3. The van der Waals surface area contributed by atoms with Crippen LogP contribution in [-0.4, -0.2) is 70.8 Å². The molecular weight excluding hydrogens is 392 g/mol. The summed E-state index contributed by atoms with van der Waals surface area (Å²) in [5.41, 5.74) is 0. The van der Waals surface area contributed by atoms with Crippen molar-refractivity contribution in [1.82, 2.24) is 9.21 Å². The number of hydrogen-bond acceptors (Lipinski definition) is 5. The van der Waals surface area contributed by atoms with Gasteiger partial charge in [0.25, 0.3) is 0 Å². The van der Waals surface area contributed by atoms with Gasteiger partial charge in [0, 0.05) is 43.5 Å². The minimum Gasteiger partial charge on any atom is -0.300 e. The molecule has 1 fully saturated rings. The van der Waals surface area contributed by atoms with E-state index in [0.29, 0.717) is 32.7 Å². The topological polar surface area (TPSA) is 74.8 Å². The zero-order valence-corrected chi connectivity index (χ0v) is 15.5. The van der Waals surface area contributed by atoms with Crippen LogP contribution in [0.25, 0.3) is 0 Å². The largest absolute Gasteiger partial charge is 0.300 e. The molecule has 6 nitrogen and oxygen atoms in total. The third-order valence-corrected chi connectivity index (χ3v) is 6.93. The molecule has 0 amide bonds. The van der Waals surface area contributed by atoms with Crippen molar-refractivity contribution in [3.8, 4) is 0 Å². The Morgan fingerprint density at radius 2 is 1.55 bits per heavy atom. The maximum atomic E-state index is 12.5. The van der Waals surface area contributed by atoms with Crippen molar-refractivity contribution in [3.05, 3.63) is 28.7 Å². The van der Waals surface area contributed by atoms with E-state index in [-0.39, 0.29) is 10.6 Å². The van der Waals surface area contributed by atoms with E-state index >= 15 is 0 Å². The summed E-state index contributed by atoms with van der Waals surface area (Å²) in [5.74, 6) is 0.104. The Morgan fingerprint density at radius 1 is 1.00 bits per heavy atom. The van der Waals surface area contributed by atoms with E-state index in [4.69, 9.17) is 0 Å². The summed E-state index contributed by atoms with van der Waals surface area (Å²) < 4.78 is 49.7. The van der Waals surface area contributed by atoms with Crippen LogP contribution in [-0.2, 0) is 19.9 Å². The predicted molar refractivity (Wildman–Crippen MR) is 89.1 cm³/mol. The molecule has 0 aliphatic carbocycles. The molecule has 1 aromatic rings. The Kier molecular flexibility index (Phi) is 5.65. The first-order chi connectivity index (χ1) is 10.2. The van der Waals surface area contributed by atoms with E-state index in [1.807, 2.05) is 4.90 Å². The Hall–Kier alpha value is -0.480. The van der Waals surface area contributed by atoms with Crippen LogP contribution < -0.4 is 0 Å². The molecule has 0 spiro atoms. The van der Waals surface area contributed by atoms with Crippen LogP contribution in [0.15, 0.2) is 33.6 Å². The first-order valence-electron chi connectivity index (χ1n) is 6.84. The lowest BCUT2D eigenvalue weighted by atomic mass is 10.4. The van der Waals surface area contributed by atoms with Gasteiger partial charge in [-0.25, -0.2) is 16.8 Å². The fourth-order valence-electron chi connectivity index (χ4n) is 2.24. The number of rotatable bonds is 5. The van der Waals surface area contributed by atoms with E-state index in [1.165, 1.54) is 10.6 Å². The molecule has 1 aromatic carbocycles. The monoisotopic (exact) mass is 410 g/mol. The number of hydrogen-bond donors (Lipinski definition) is 0. The van der Waals surface area contributed by atoms with Crippen LogP contribution in [0.4, 0.5) is 0 Å². The van der Waals surface area contributed by atoms with E-state index in [9.17, 15) is 16.8 Å². The SMILES string of the molecule is CS(=O)(=O)CCN1CCN(S(=O)(=O)c2ccc(Br)cc2)CC1. The van der Waals surface area contributed by atoms with Crippen molar-refractivity contribution < 1.29 is 16.8 Å². The molecule has 1 aliphatic rings. The molecule has 1 heterocycles. The summed E-state index contributed by atoms with van der Waals surface area (Å²) in [6.07, 6.45) is 1.21. The molecule has 1 aliphatic heterocycles. The highest BCUT2D eigenvalue weighted by molar-refractivity contribution is 9.10. The molecule has 1 saturated heterocycles. The van der Waals surface area contributed by atoms with Crippen LogP contribution in [0.2, 0.25) is 0 Å². The van der Waals surface area contributed by atoms with Crippen LogP contribution >= 0.6 is 15.9 Å². The van der Waals surface area contributed by atoms with E-state index in [2.05, 4.69) is 15.9 Å². The molecule has 0 radical (unpaired) electrons. The molecule has 9 heteroatoms. The van der Waals surface area contributed by atoms with Crippen LogP contribution in [0, 0.1) is 0 Å². The highest BCUT2D eigenvalue weighted by atomic mass is 79.9. The van der Waals surface area contributed by atoms with Crippen LogP contribution in [0.5, 0.6) is 0 Å². The molecular formula is C13H19BrN2O4S2. The van der Waals surface area contributed by atoms with Gasteiger partial charge in [0.1, 0.15) is 9.84 Å². The maximum absolute atomic E-state index is 12.5. The first-order valence-corrected chi connectivity index (χ1v) is 11.1. The minimum atomic E-state index is -3.48. The molecule has 0 saturated carbocycles. The molecule has 22 heavy (non-hydrogen) atoms. The summed E-state index contributed by atoms with van der Waals surface area (Å²) >= 11 is 3.29. The number of halogens is 1. The molecule has 124 valence electrons. The number of piperazine rings is 1. The van der Waals surface area contributed by atoms with E-state index in [0.717, 1.165) is 4.47 Å². The third-order valence-electron chi connectivity index (χ3n) is 3.56. The lowest BCUT2D eigenvalue weighted by Gasteiger charge is -2.33. The van der Waals surface area contributed by atoms with Gasteiger partial charge in [-0.2, -0.15) is 4.31 Å². The van der Waals surface area contributed by atoms with Gasteiger partial charge >= 0.3 is 0 Å². The minimum absolute atomic E-state index is 0.104. The van der Waals surface area contributed by atoms with Crippen molar-refractivity contribution in [2.45, 2.75) is 4.90 Å². The predicted octanol–water partition coefficient (Wildman–Crippen LogP) is 0.800. The Bertz CT molecular complexity index is 709. The molecule has 0 N–H and O–H groups in total. The average molecular weight is 411 g/mol. The quantitative estimate of drug-likeness (QED) is 0.717. The van der Waals surface area contributed by atoms with Crippen LogP contribution in [0.3, 0.4) is 0 Å². The number of nitrogens with zero attached hydrogens (tertiary/aromatic N) is 2. The normalized spacial score (nSPS) is 18.5. The molecule has 0 bridgehead atoms. The maximum Gasteiger partial charge on any atom is 0.243 e. The van der Waals surface area contributed by atoms with Gasteiger partial charge in [-0.15, -0.1) is 0 Å². The lowest BCUT2D eigenvalue weighted by Crippen LogP contribution is -2.49. The second-order valence-corrected chi connectivity index (χ2v) is 10.4. The third kappa shape index (κ3) is 4.76. The van der Waals surface area contributed by atoms with E-state index < -0.39 is 19.9 Å². The fraction of sp³-hybridized carbons (Fsp3) is 0.538. The molecule has 0 unspecified atom stereocenters. The molecule has 0 atom stereocenters. The summed E-state index contributed by atoms with van der Waals surface area (Å²) in [7, 11) is -6.47. The van der Waals surface area contributed by atoms with Gasteiger partial charge < -0.3 is 0 Å². The Balaban J connectivity index is 1.97. The number of sulfone groups is 1. The first kappa shape index (κ1) is 17.9. The summed E-state index contributed by atoms with van der Waals surface area (Å²) in [6.45, 7) is 2.30. The average Bonchev–Trinajstić information content (AvgIpc) is 2.45. The molecule has 0 aromatic heterocycles. The number of sulfonamides is 1. The van der Waals surface area contributed by atoms with Crippen molar-refractivity contribution in [1.29, 1.82) is 0 Å². The highest BCUT2D eigenvalue weighted by Gasteiger charge is 2.28. The Morgan fingerprint density at radius 3 is 2.05 bits per heavy atom. The second kappa shape index (κ2) is 6.96. The van der Waals surface area contributed by atoms with Gasteiger partial charge in [0.05, 0.1) is 10.6 Å². The lowest BCUT2D eigenvalue weighted by molar-refractivity contribution is 0.197. The van der Waals surface area contributed by atoms with Crippen molar-refractivity contribution in [3.63, 3.8) is 0 Å². The number of benzene rings is 1. The highest BCUT2D eigenvalue weighted by Crippen LogP contribution is 2.20. The van der Waals surface area contributed by atoms with Gasteiger partial charge in [-0.05, 0) is 24.3 Å². The van der Waals surface area contributed by atoms with Crippen molar-refractivity contribution in [2.75, 3.05) is 44.7 Å². The fourth-order valence-corrected chi connectivity index (χ4v) is 4.52. The van der Waals surface area contributed by atoms with Gasteiger partial charge in [-0.3, -0.25) is 4.90 Å². The van der Waals surface area contributed by atoms with E-state index in [1.54, 1.807) is 24.3 Å². The van der Waals surface area contributed by atoms with Gasteiger partial charge in [0.15, 0.2) is 0 Å². The smallest absolute Gasteiger partial charge is 0.243 e. The zero-order chi connectivity index (χ0) is 16.4. The summed E-state index contributed by atoms with van der Waals surface area (Å²) in [6, 6.07) is 6.56. The van der Waals surface area contributed by atoms with Gasteiger partial charge in [0.2, 0.25) is 10.0 Å². The summed E-state index contributed by atoms with van der Waals surface area (Å²) in [5, 5.41) is 0. The van der Waals surface area contributed by atoms with Crippen molar-refractivity contribution >= 4 is 35.8 Å². The Labute approximate surface area is 140 Å². The van der Waals surface area contributed by atoms with Crippen molar-refractivity contribution in [2.24, 2.45) is 0 Å². The van der Waals surface area contributed by atoms with Gasteiger partial charge in [-0.1, -0.05) is 15.9 Å². The summed E-state index contributed by atoms with van der Waals surface area (Å²) in [4.78, 5) is 2.26. The molecule has 2 rings (SSSR count). The van der Waals surface area contributed by atoms with Crippen LogP contribution in [0.1, 0.15) is 0 Å². The second-order valence-electron chi connectivity index (χ2n) is 5.33. The standard InChI is InChI=1S/C13H19BrN2O4S2/c1-21(17,18)11-10-15-6-8-16(9-7-15)22(19,20)13-4-2-12(14)3-5-13/h2-5H,6-11H2,1H3.